The lowest BCUT2D eigenvalue weighted by Crippen LogP contribution is -2.43. The Balaban J connectivity index is 1.76. The number of para-hydroxylation sites is 1. The Hall–Kier alpha value is -2.67. The number of hydrogen-bond acceptors (Lipinski definition) is 3. The van der Waals surface area contributed by atoms with Gasteiger partial charge in [-0.05, 0) is 63.4 Å². The average molecular weight is 453 g/mol. The van der Waals surface area contributed by atoms with E-state index >= 15 is 0 Å². The highest BCUT2D eigenvalue weighted by molar-refractivity contribution is 7.80. The quantitative estimate of drug-likeness (QED) is 0.508. The summed E-state index contributed by atoms with van der Waals surface area (Å²) in [5, 5.41) is 1.58. The highest BCUT2D eigenvalue weighted by Gasteiger charge is 2.34. The predicted octanol–water partition coefficient (Wildman–Crippen LogP) is 4.02. The van der Waals surface area contributed by atoms with E-state index in [2.05, 4.69) is 30.5 Å². The second kappa shape index (κ2) is 9.06. The molecule has 1 aromatic carbocycles. The molecule has 0 N–H and O–H groups in total. The summed E-state index contributed by atoms with van der Waals surface area (Å²) in [6, 6.07) is 6.52. The molecule has 2 saturated heterocycles. The van der Waals surface area contributed by atoms with Crippen LogP contribution in [0, 0.1) is 0 Å². The van der Waals surface area contributed by atoms with Crippen molar-refractivity contribution in [3.8, 4) is 0 Å². The van der Waals surface area contributed by atoms with Crippen molar-refractivity contribution in [2.24, 2.45) is 0 Å². The Morgan fingerprint density at radius 1 is 1.25 bits per heavy atom. The molecule has 7 heteroatoms. The zero-order chi connectivity index (χ0) is 23.0. The first-order chi connectivity index (χ1) is 15.4. The third kappa shape index (κ3) is 3.83. The molecule has 4 rings (SSSR count). The van der Waals surface area contributed by atoms with Crippen LogP contribution in [-0.4, -0.2) is 62.4 Å². The molecule has 2 amide bonds. The van der Waals surface area contributed by atoms with Crippen molar-refractivity contribution >= 4 is 46.1 Å². The van der Waals surface area contributed by atoms with E-state index in [1.165, 1.54) is 12.0 Å². The van der Waals surface area contributed by atoms with Crippen LogP contribution >= 0.6 is 12.2 Å². The fourth-order valence-corrected chi connectivity index (χ4v) is 5.24. The summed E-state index contributed by atoms with van der Waals surface area (Å²) < 4.78 is 2.07. The number of benzene rings is 1. The SMILES string of the molecule is CCc1cccc2c(/C=C3/C(=O)N(CC)C(=S)N3C)cn(CC(=O)N3CCCC[C@@H]3C)c12. The lowest BCUT2D eigenvalue weighted by Gasteiger charge is -2.33. The van der Waals surface area contributed by atoms with Gasteiger partial charge in [0.05, 0.1) is 5.52 Å². The van der Waals surface area contributed by atoms with Crippen LogP contribution in [0.4, 0.5) is 0 Å². The van der Waals surface area contributed by atoms with Gasteiger partial charge >= 0.3 is 0 Å². The van der Waals surface area contributed by atoms with Gasteiger partial charge in [-0.1, -0.05) is 25.1 Å². The first kappa shape index (κ1) is 22.5. The van der Waals surface area contributed by atoms with E-state index < -0.39 is 0 Å². The number of piperidine rings is 1. The van der Waals surface area contributed by atoms with Gasteiger partial charge in [0.1, 0.15) is 12.2 Å². The Kier molecular flexibility index (Phi) is 6.38. The van der Waals surface area contributed by atoms with Crippen LogP contribution in [0.1, 0.15) is 51.2 Å². The van der Waals surface area contributed by atoms with Crippen LogP contribution in [0.2, 0.25) is 0 Å². The highest BCUT2D eigenvalue weighted by Crippen LogP contribution is 2.30. The number of likely N-dealkylation sites (tertiary alicyclic amines) is 1. The highest BCUT2D eigenvalue weighted by atomic mass is 32.1. The number of likely N-dealkylation sites (N-methyl/N-ethyl adjacent to an activating group) is 2. The van der Waals surface area contributed by atoms with Gasteiger partial charge in [0.2, 0.25) is 5.91 Å². The van der Waals surface area contributed by atoms with Crippen molar-refractivity contribution < 1.29 is 9.59 Å². The van der Waals surface area contributed by atoms with Crippen LogP contribution in [0.25, 0.3) is 17.0 Å². The van der Waals surface area contributed by atoms with Crippen LogP contribution in [0.3, 0.4) is 0 Å². The first-order valence-electron chi connectivity index (χ1n) is 11.6. The molecule has 2 aliphatic heterocycles. The number of aryl methyl sites for hydroxylation is 1. The number of fused-ring (bicyclic) bond motifs is 1. The van der Waals surface area contributed by atoms with Gasteiger partial charge in [-0.15, -0.1) is 0 Å². The van der Waals surface area contributed by atoms with E-state index in [1.54, 1.807) is 9.80 Å². The van der Waals surface area contributed by atoms with Crippen molar-refractivity contribution in [3.05, 3.63) is 41.2 Å². The number of carbonyl (C=O) groups excluding carboxylic acids is 2. The van der Waals surface area contributed by atoms with E-state index in [4.69, 9.17) is 12.2 Å². The Labute approximate surface area is 195 Å². The minimum absolute atomic E-state index is 0.0780. The molecular formula is C25H32N4O2S. The number of amides is 2. The van der Waals surface area contributed by atoms with E-state index in [1.807, 2.05) is 37.2 Å². The monoisotopic (exact) mass is 452 g/mol. The van der Waals surface area contributed by atoms with Gasteiger partial charge in [0.15, 0.2) is 5.11 Å². The van der Waals surface area contributed by atoms with Crippen molar-refractivity contribution in [3.63, 3.8) is 0 Å². The lowest BCUT2D eigenvalue weighted by molar-refractivity contribution is -0.135. The zero-order valence-electron chi connectivity index (χ0n) is 19.4. The molecule has 0 saturated carbocycles. The van der Waals surface area contributed by atoms with Crippen molar-refractivity contribution in [1.29, 1.82) is 0 Å². The Bertz CT molecular complexity index is 1100. The zero-order valence-corrected chi connectivity index (χ0v) is 20.2. The largest absolute Gasteiger partial charge is 0.338 e. The molecule has 3 heterocycles. The van der Waals surface area contributed by atoms with Gasteiger partial charge < -0.3 is 14.4 Å². The number of rotatable bonds is 5. The minimum atomic E-state index is -0.0780. The van der Waals surface area contributed by atoms with Crippen LogP contribution in [0.15, 0.2) is 30.1 Å². The lowest BCUT2D eigenvalue weighted by atomic mass is 10.0. The molecule has 6 nitrogen and oxygen atoms in total. The van der Waals surface area contributed by atoms with Crippen LogP contribution in [-0.2, 0) is 22.6 Å². The molecule has 0 unspecified atom stereocenters. The van der Waals surface area contributed by atoms with Gasteiger partial charge in [-0.25, -0.2) is 0 Å². The maximum Gasteiger partial charge on any atom is 0.276 e. The van der Waals surface area contributed by atoms with E-state index in [0.717, 1.165) is 42.3 Å². The molecule has 1 aromatic heterocycles. The summed E-state index contributed by atoms with van der Waals surface area (Å²) in [6.45, 7) is 7.88. The second-order valence-electron chi connectivity index (χ2n) is 8.73. The number of carbonyl (C=O) groups is 2. The van der Waals surface area contributed by atoms with Crippen molar-refractivity contribution in [1.82, 2.24) is 19.3 Å². The predicted molar refractivity (Wildman–Crippen MR) is 132 cm³/mol. The molecule has 32 heavy (non-hydrogen) atoms. The third-order valence-corrected chi connectivity index (χ3v) is 7.27. The van der Waals surface area contributed by atoms with Crippen molar-refractivity contribution in [2.45, 2.75) is 59.0 Å². The molecule has 170 valence electrons. The van der Waals surface area contributed by atoms with E-state index in [-0.39, 0.29) is 17.9 Å². The van der Waals surface area contributed by atoms with Gasteiger partial charge in [-0.2, -0.15) is 0 Å². The summed E-state index contributed by atoms with van der Waals surface area (Å²) in [6.07, 6.45) is 8.13. The molecular weight excluding hydrogens is 420 g/mol. The average Bonchev–Trinajstić information content (AvgIpc) is 3.23. The van der Waals surface area contributed by atoms with E-state index in [9.17, 15) is 9.59 Å². The molecule has 2 aliphatic rings. The van der Waals surface area contributed by atoms with E-state index in [0.29, 0.717) is 23.9 Å². The van der Waals surface area contributed by atoms with Crippen LogP contribution < -0.4 is 0 Å². The van der Waals surface area contributed by atoms with Gasteiger partial charge in [0, 0.05) is 43.3 Å². The summed E-state index contributed by atoms with van der Waals surface area (Å²) in [5.74, 6) is 0.0809. The van der Waals surface area contributed by atoms with Gasteiger partial charge in [0.25, 0.3) is 5.91 Å². The maximum absolute atomic E-state index is 13.2. The Morgan fingerprint density at radius 3 is 2.69 bits per heavy atom. The standard InChI is InChI=1S/C25H32N4O2S/c1-5-18-11-9-12-20-19(14-21-24(31)28(6-2)25(32)26(21)4)15-27(23(18)20)16-22(30)29-13-8-7-10-17(29)3/h9,11-12,14-15,17H,5-8,10,13,16H2,1-4H3/b21-14-/t17-/m0/s1. The maximum atomic E-state index is 13.2. The topological polar surface area (TPSA) is 48.8 Å². The summed E-state index contributed by atoms with van der Waals surface area (Å²) in [5.41, 5.74) is 3.77. The number of aromatic nitrogens is 1. The molecule has 1 atom stereocenters. The number of hydrogen-bond donors (Lipinski definition) is 0. The smallest absolute Gasteiger partial charge is 0.276 e. The molecule has 2 aromatic rings. The fourth-order valence-electron chi connectivity index (χ4n) is 4.93. The summed E-state index contributed by atoms with van der Waals surface area (Å²) >= 11 is 5.45. The molecule has 0 spiro atoms. The molecule has 0 radical (unpaired) electrons. The fraction of sp³-hybridized carbons (Fsp3) is 0.480. The minimum Gasteiger partial charge on any atom is -0.338 e. The summed E-state index contributed by atoms with van der Waals surface area (Å²) in [7, 11) is 1.83. The number of nitrogens with zero attached hydrogens (tertiary/aromatic N) is 4. The summed E-state index contributed by atoms with van der Waals surface area (Å²) in [4.78, 5) is 31.5. The Morgan fingerprint density at radius 2 is 2.03 bits per heavy atom. The normalized spacial score (nSPS) is 20.8. The third-order valence-electron chi connectivity index (χ3n) is 6.77. The molecule has 0 bridgehead atoms. The second-order valence-corrected chi connectivity index (χ2v) is 9.10. The first-order valence-corrected chi connectivity index (χ1v) is 12.0. The molecule has 2 fully saturated rings. The molecule has 0 aliphatic carbocycles. The van der Waals surface area contributed by atoms with Crippen molar-refractivity contribution in [2.75, 3.05) is 20.1 Å². The van der Waals surface area contributed by atoms with Crippen LogP contribution in [0.5, 0.6) is 0 Å². The van der Waals surface area contributed by atoms with Gasteiger partial charge in [-0.3, -0.25) is 14.5 Å². The number of thiocarbonyl (C=S) groups is 1.